The third-order valence-electron chi connectivity index (χ3n) is 4.13. The average molecular weight is 398 g/mol. The second-order valence-corrected chi connectivity index (χ2v) is 6.78. The number of hydrogen-bond donors (Lipinski definition) is 2. The number of carboxylic acids is 1. The van der Waals surface area contributed by atoms with Crippen molar-refractivity contribution in [2.45, 2.75) is 6.92 Å². The van der Waals surface area contributed by atoms with Crippen molar-refractivity contribution in [3.8, 4) is 11.1 Å². The maximum atomic E-state index is 11.0. The van der Waals surface area contributed by atoms with Gasteiger partial charge in [0.05, 0.1) is 10.9 Å². The predicted octanol–water partition coefficient (Wildman–Crippen LogP) is 5.53. The lowest BCUT2D eigenvalue weighted by Crippen LogP contribution is -1.98. The molecule has 0 aliphatic rings. The molecular formula is C20H16ClN3O2S. The number of nitrogens with zero attached hydrogens (tertiary/aromatic N) is 2. The minimum atomic E-state index is -0.944. The summed E-state index contributed by atoms with van der Waals surface area (Å²) in [5.41, 5.74) is 4.42. The molecule has 0 fully saturated rings. The minimum Gasteiger partial charge on any atom is -0.478 e. The number of aromatic carboxylic acids is 1. The zero-order valence-electron chi connectivity index (χ0n) is 14.3. The van der Waals surface area contributed by atoms with Crippen LogP contribution in [0.25, 0.3) is 21.3 Å². The summed E-state index contributed by atoms with van der Waals surface area (Å²) in [5.74, 6) is -0.240. The Bertz CT molecular complexity index is 1090. The maximum absolute atomic E-state index is 11.0. The zero-order chi connectivity index (χ0) is 18.1. The summed E-state index contributed by atoms with van der Waals surface area (Å²) in [6.45, 7) is 2.06. The van der Waals surface area contributed by atoms with Crippen molar-refractivity contribution in [2.75, 3.05) is 5.32 Å². The summed E-state index contributed by atoms with van der Waals surface area (Å²) < 4.78 is 0. The van der Waals surface area contributed by atoms with Gasteiger partial charge in [0, 0.05) is 16.6 Å². The molecule has 4 aromatic rings. The van der Waals surface area contributed by atoms with Crippen molar-refractivity contribution >= 4 is 51.4 Å². The fraction of sp³-hybridized carbons (Fsp3) is 0.0500. The minimum absolute atomic E-state index is 0. The fourth-order valence-corrected chi connectivity index (χ4v) is 3.66. The molecule has 0 aliphatic carbocycles. The van der Waals surface area contributed by atoms with Crippen LogP contribution in [-0.2, 0) is 0 Å². The van der Waals surface area contributed by atoms with E-state index in [0.717, 1.165) is 27.0 Å². The number of benzene rings is 2. The normalized spacial score (nSPS) is 10.4. The molecule has 2 aromatic heterocycles. The molecule has 0 unspecified atom stereocenters. The quantitative estimate of drug-likeness (QED) is 0.473. The monoisotopic (exact) mass is 397 g/mol. The summed E-state index contributed by atoms with van der Waals surface area (Å²) in [7, 11) is 0. The van der Waals surface area contributed by atoms with E-state index in [1.54, 1.807) is 35.6 Å². The van der Waals surface area contributed by atoms with Crippen molar-refractivity contribution in [3.63, 3.8) is 0 Å². The Kier molecular flexibility index (Phi) is 5.39. The van der Waals surface area contributed by atoms with Gasteiger partial charge in [-0.05, 0) is 36.8 Å². The van der Waals surface area contributed by atoms with Crippen LogP contribution in [0.1, 0.15) is 15.9 Å². The lowest BCUT2D eigenvalue weighted by Gasteiger charge is -2.09. The second kappa shape index (κ2) is 7.73. The van der Waals surface area contributed by atoms with Gasteiger partial charge in [0.2, 0.25) is 0 Å². The first-order valence-corrected chi connectivity index (χ1v) is 8.89. The molecule has 136 valence electrons. The van der Waals surface area contributed by atoms with Gasteiger partial charge in [0.25, 0.3) is 0 Å². The topological polar surface area (TPSA) is 75.1 Å². The molecule has 5 nitrogen and oxygen atoms in total. The molecule has 0 bridgehead atoms. The third kappa shape index (κ3) is 3.77. The molecule has 2 N–H and O–H groups in total. The Hall–Kier alpha value is -2.96. The van der Waals surface area contributed by atoms with E-state index in [0.29, 0.717) is 5.82 Å². The van der Waals surface area contributed by atoms with Crippen molar-refractivity contribution in [1.29, 1.82) is 0 Å². The van der Waals surface area contributed by atoms with Crippen LogP contribution < -0.4 is 5.32 Å². The molecule has 7 heteroatoms. The molecule has 0 spiro atoms. The van der Waals surface area contributed by atoms with Crippen LogP contribution >= 0.6 is 23.7 Å². The number of nitrogens with one attached hydrogen (secondary N) is 1. The zero-order valence-corrected chi connectivity index (χ0v) is 16.0. The lowest BCUT2D eigenvalue weighted by molar-refractivity contribution is 0.0697. The van der Waals surface area contributed by atoms with E-state index in [4.69, 9.17) is 5.11 Å². The summed E-state index contributed by atoms with van der Waals surface area (Å²) in [4.78, 5) is 20.7. The molecule has 27 heavy (non-hydrogen) atoms. The summed E-state index contributed by atoms with van der Waals surface area (Å²) in [6, 6.07) is 14.9. The molecule has 0 saturated heterocycles. The largest absolute Gasteiger partial charge is 0.478 e. The maximum Gasteiger partial charge on any atom is 0.335 e. The van der Waals surface area contributed by atoms with Gasteiger partial charge < -0.3 is 10.4 Å². The molecule has 0 radical (unpaired) electrons. The van der Waals surface area contributed by atoms with Gasteiger partial charge in [-0.15, -0.1) is 23.7 Å². The first-order valence-electron chi connectivity index (χ1n) is 8.01. The number of hydrogen-bond acceptors (Lipinski definition) is 5. The fourth-order valence-electron chi connectivity index (χ4n) is 2.75. The lowest BCUT2D eigenvalue weighted by atomic mass is 10.0. The van der Waals surface area contributed by atoms with Crippen LogP contribution in [0, 0.1) is 6.92 Å². The molecule has 0 aliphatic heterocycles. The molecule has 0 saturated carbocycles. The number of thiophene rings is 1. The molecule has 0 atom stereocenters. The number of anilines is 2. The Labute approximate surface area is 166 Å². The third-order valence-corrected chi connectivity index (χ3v) is 5.01. The van der Waals surface area contributed by atoms with Gasteiger partial charge in [0.1, 0.15) is 17.0 Å². The molecule has 2 aromatic carbocycles. The van der Waals surface area contributed by atoms with Crippen LogP contribution in [0.2, 0.25) is 0 Å². The number of halogens is 1. The number of carboxylic acid groups (broad SMARTS) is 1. The Morgan fingerprint density at radius 1 is 1.04 bits per heavy atom. The predicted molar refractivity (Wildman–Crippen MR) is 112 cm³/mol. The van der Waals surface area contributed by atoms with Gasteiger partial charge in [-0.3, -0.25) is 0 Å². The van der Waals surface area contributed by atoms with Gasteiger partial charge in [-0.25, -0.2) is 14.8 Å². The van der Waals surface area contributed by atoms with E-state index >= 15 is 0 Å². The average Bonchev–Trinajstić information content (AvgIpc) is 3.08. The SMILES string of the molecule is Cc1ccc(-c2csc3ncnc(Nc4ccc(C(=O)O)cc4)c23)cc1.Cl. The van der Waals surface area contributed by atoms with Gasteiger partial charge >= 0.3 is 5.97 Å². The van der Waals surface area contributed by atoms with Crippen molar-refractivity contribution < 1.29 is 9.90 Å². The van der Waals surface area contributed by atoms with Crippen LogP contribution in [-0.4, -0.2) is 21.0 Å². The van der Waals surface area contributed by atoms with Crippen molar-refractivity contribution in [1.82, 2.24) is 9.97 Å². The van der Waals surface area contributed by atoms with Gasteiger partial charge in [-0.2, -0.15) is 0 Å². The number of rotatable bonds is 4. The molecule has 4 rings (SSSR count). The van der Waals surface area contributed by atoms with E-state index in [1.165, 1.54) is 11.9 Å². The molecular weight excluding hydrogens is 382 g/mol. The number of aryl methyl sites for hydroxylation is 1. The van der Waals surface area contributed by atoms with Crippen LogP contribution in [0.3, 0.4) is 0 Å². The van der Waals surface area contributed by atoms with Gasteiger partial charge in [0.15, 0.2) is 0 Å². The van der Waals surface area contributed by atoms with E-state index in [-0.39, 0.29) is 18.0 Å². The van der Waals surface area contributed by atoms with Crippen LogP contribution in [0.5, 0.6) is 0 Å². The van der Waals surface area contributed by atoms with E-state index in [9.17, 15) is 4.79 Å². The number of fused-ring (bicyclic) bond motifs is 1. The summed E-state index contributed by atoms with van der Waals surface area (Å²) >= 11 is 1.58. The summed E-state index contributed by atoms with van der Waals surface area (Å²) in [6.07, 6.45) is 1.53. The van der Waals surface area contributed by atoms with Crippen LogP contribution in [0.15, 0.2) is 60.2 Å². The standard InChI is InChI=1S/C20H15N3O2S.ClH/c1-12-2-4-13(5-3-12)16-10-26-19-17(16)18(21-11-22-19)23-15-8-6-14(7-9-15)20(24)25;/h2-11H,1H3,(H,24,25)(H,21,22,23);1H. The highest BCUT2D eigenvalue weighted by atomic mass is 35.5. The smallest absolute Gasteiger partial charge is 0.335 e. The van der Waals surface area contributed by atoms with E-state index < -0.39 is 5.97 Å². The Morgan fingerprint density at radius 2 is 1.74 bits per heavy atom. The summed E-state index contributed by atoms with van der Waals surface area (Å²) in [5, 5.41) is 15.4. The first-order chi connectivity index (χ1) is 12.6. The highest BCUT2D eigenvalue weighted by Crippen LogP contribution is 2.37. The molecule has 2 heterocycles. The molecule has 0 amide bonds. The number of aromatic nitrogens is 2. The first kappa shape index (κ1) is 18.8. The van der Waals surface area contributed by atoms with Crippen molar-refractivity contribution in [2.24, 2.45) is 0 Å². The Balaban J connectivity index is 0.00000210. The van der Waals surface area contributed by atoms with Crippen LogP contribution in [0.4, 0.5) is 11.5 Å². The number of carbonyl (C=O) groups is 1. The highest BCUT2D eigenvalue weighted by Gasteiger charge is 2.13. The highest BCUT2D eigenvalue weighted by molar-refractivity contribution is 7.17. The van der Waals surface area contributed by atoms with Crippen molar-refractivity contribution in [3.05, 3.63) is 71.4 Å². The second-order valence-electron chi connectivity index (χ2n) is 5.93. The van der Waals surface area contributed by atoms with E-state index in [1.807, 2.05) is 0 Å². The van der Waals surface area contributed by atoms with E-state index in [2.05, 4.69) is 51.9 Å². The Morgan fingerprint density at radius 3 is 2.41 bits per heavy atom. The van der Waals surface area contributed by atoms with Gasteiger partial charge in [-0.1, -0.05) is 29.8 Å².